The number of hydrogen-bond acceptors (Lipinski definition) is 3. The molecule has 2 amide bonds. The first kappa shape index (κ1) is 14.6. The highest BCUT2D eigenvalue weighted by Gasteiger charge is 2.35. The molecule has 1 aromatic heterocycles. The van der Waals surface area contributed by atoms with E-state index in [0.29, 0.717) is 25.8 Å². The van der Waals surface area contributed by atoms with E-state index in [2.05, 4.69) is 17.6 Å². The number of aryl methyl sites for hydroxylation is 1. The van der Waals surface area contributed by atoms with E-state index in [1.54, 1.807) is 0 Å². The molecule has 1 atom stereocenters. The molecule has 0 radical (unpaired) electrons. The molecule has 2 heterocycles. The van der Waals surface area contributed by atoms with Gasteiger partial charge in [0, 0.05) is 18.4 Å². The minimum absolute atomic E-state index is 0.00646. The van der Waals surface area contributed by atoms with E-state index in [-0.39, 0.29) is 17.4 Å². The summed E-state index contributed by atoms with van der Waals surface area (Å²) in [6, 6.07) is 3.74. The summed E-state index contributed by atoms with van der Waals surface area (Å²) in [5.41, 5.74) is -0.185. The molecular formula is C15H22N2O3. The van der Waals surface area contributed by atoms with Crippen LogP contribution in [-0.2, 0) is 16.1 Å². The zero-order chi connectivity index (χ0) is 14.6. The van der Waals surface area contributed by atoms with Crippen LogP contribution in [0.5, 0.6) is 0 Å². The van der Waals surface area contributed by atoms with Gasteiger partial charge < -0.3 is 15.1 Å². The summed E-state index contributed by atoms with van der Waals surface area (Å²) in [6.45, 7) is 4.34. The van der Waals surface area contributed by atoms with Crippen LogP contribution in [0.15, 0.2) is 16.5 Å². The second-order valence-corrected chi connectivity index (χ2v) is 5.47. The summed E-state index contributed by atoms with van der Waals surface area (Å²) in [7, 11) is 0. The Morgan fingerprint density at radius 1 is 1.50 bits per heavy atom. The minimum Gasteiger partial charge on any atom is -0.465 e. The number of amides is 2. The Bertz CT molecular complexity index is 495. The normalized spacial score (nSPS) is 21.8. The molecule has 1 aliphatic rings. The number of rotatable bonds is 6. The number of carbonyl (C=O) groups excluding carboxylic acids is 2. The van der Waals surface area contributed by atoms with E-state index in [4.69, 9.17) is 4.42 Å². The molecule has 1 aromatic rings. The van der Waals surface area contributed by atoms with Crippen molar-refractivity contribution in [3.8, 4) is 0 Å². The maximum absolute atomic E-state index is 11.9. The van der Waals surface area contributed by atoms with E-state index < -0.39 is 0 Å². The number of hydrogen-bond donors (Lipinski definition) is 2. The average Bonchev–Trinajstić information content (AvgIpc) is 3.01. The fraction of sp³-hybridized carbons (Fsp3) is 0.600. The van der Waals surface area contributed by atoms with Gasteiger partial charge in [-0.25, -0.2) is 0 Å². The molecule has 0 saturated carbocycles. The van der Waals surface area contributed by atoms with Crippen LogP contribution in [0.1, 0.15) is 50.5 Å². The van der Waals surface area contributed by atoms with Crippen molar-refractivity contribution in [3.05, 3.63) is 23.7 Å². The predicted octanol–water partition coefficient (Wildman–Crippen LogP) is 2.04. The lowest BCUT2D eigenvalue weighted by Gasteiger charge is -2.27. The molecule has 1 fully saturated rings. The molecular weight excluding hydrogens is 256 g/mol. The number of carbonyl (C=O) groups is 2. The first-order valence-corrected chi connectivity index (χ1v) is 7.16. The quantitative estimate of drug-likeness (QED) is 0.836. The molecule has 0 aliphatic carbocycles. The Hall–Kier alpha value is -1.78. The van der Waals surface area contributed by atoms with E-state index in [0.717, 1.165) is 24.4 Å². The molecule has 1 unspecified atom stereocenters. The van der Waals surface area contributed by atoms with Gasteiger partial charge >= 0.3 is 0 Å². The summed E-state index contributed by atoms with van der Waals surface area (Å²) in [5.74, 6) is 1.69. The fourth-order valence-corrected chi connectivity index (χ4v) is 2.61. The van der Waals surface area contributed by atoms with Gasteiger partial charge in [-0.2, -0.15) is 0 Å². The Morgan fingerprint density at radius 3 is 2.85 bits per heavy atom. The smallest absolute Gasteiger partial charge is 0.220 e. The highest BCUT2D eigenvalue weighted by atomic mass is 16.3. The summed E-state index contributed by atoms with van der Waals surface area (Å²) >= 11 is 0. The summed E-state index contributed by atoms with van der Waals surface area (Å²) in [6.07, 6.45) is 3.38. The Kier molecular flexibility index (Phi) is 4.47. The third-order valence-electron chi connectivity index (χ3n) is 4.00. The van der Waals surface area contributed by atoms with E-state index in [1.807, 2.05) is 19.1 Å². The Balaban J connectivity index is 1.76. The molecule has 0 aromatic carbocycles. The molecule has 5 heteroatoms. The zero-order valence-corrected chi connectivity index (χ0v) is 12.1. The van der Waals surface area contributed by atoms with Crippen molar-refractivity contribution in [2.45, 2.75) is 58.0 Å². The SMILES string of the molecule is CCC1(CCC(=O)NCc2ccc(C)o2)CCC(=O)N1. The Labute approximate surface area is 119 Å². The van der Waals surface area contributed by atoms with Gasteiger partial charge in [-0.05, 0) is 38.3 Å². The molecule has 0 spiro atoms. The molecule has 110 valence electrons. The lowest BCUT2D eigenvalue weighted by atomic mass is 9.89. The van der Waals surface area contributed by atoms with Crippen LogP contribution in [0.25, 0.3) is 0 Å². The summed E-state index contributed by atoms with van der Waals surface area (Å²) in [5, 5.41) is 5.86. The van der Waals surface area contributed by atoms with Gasteiger partial charge in [-0.1, -0.05) is 6.92 Å². The van der Waals surface area contributed by atoms with E-state index in [9.17, 15) is 9.59 Å². The monoisotopic (exact) mass is 278 g/mol. The van der Waals surface area contributed by atoms with Crippen molar-refractivity contribution in [1.82, 2.24) is 10.6 Å². The van der Waals surface area contributed by atoms with Crippen molar-refractivity contribution < 1.29 is 14.0 Å². The van der Waals surface area contributed by atoms with Gasteiger partial charge in [0.25, 0.3) is 0 Å². The number of nitrogens with one attached hydrogen (secondary N) is 2. The van der Waals surface area contributed by atoms with Crippen LogP contribution in [0.4, 0.5) is 0 Å². The molecule has 2 N–H and O–H groups in total. The Morgan fingerprint density at radius 2 is 2.30 bits per heavy atom. The highest BCUT2D eigenvalue weighted by molar-refractivity contribution is 5.80. The third kappa shape index (κ3) is 3.62. The maximum Gasteiger partial charge on any atom is 0.220 e. The van der Waals surface area contributed by atoms with Crippen LogP contribution < -0.4 is 10.6 Å². The fourth-order valence-electron chi connectivity index (χ4n) is 2.61. The topological polar surface area (TPSA) is 71.3 Å². The lowest BCUT2D eigenvalue weighted by molar-refractivity contribution is -0.123. The van der Waals surface area contributed by atoms with Crippen LogP contribution in [-0.4, -0.2) is 17.4 Å². The van der Waals surface area contributed by atoms with Crippen molar-refractivity contribution in [2.24, 2.45) is 0 Å². The number of furan rings is 1. The zero-order valence-electron chi connectivity index (χ0n) is 12.1. The predicted molar refractivity (Wildman–Crippen MR) is 74.9 cm³/mol. The van der Waals surface area contributed by atoms with Gasteiger partial charge in [0.2, 0.25) is 11.8 Å². The molecule has 20 heavy (non-hydrogen) atoms. The van der Waals surface area contributed by atoms with Gasteiger partial charge in [-0.15, -0.1) is 0 Å². The van der Waals surface area contributed by atoms with Crippen molar-refractivity contribution in [1.29, 1.82) is 0 Å². The molecule has 0 bridgehead atoms. The van der Waals surface area contributed by atoms with Gasteiger partial charge in [-0.3, -0.25) is 9.59 Å². The molecule has 1 aliphatic heterocycles. The van der Waals surface area contributed by atoms with Gasteiger partial charge in [0.05, 0.1) is 6.54 Å². The first-order chi connectivity index (χ1) is 9.53. The van der Waals surface area contributed by atoms with Crippen molar-refractivity contribution >= 4 is 11.8 Å². The summed E-state index contributed by atoms with van der Waals surface area (Å²) in [4.78, 5) is 23.2. The van der Waals surface area contributed by atoms with Crippen LogP contribution >= 0.6 is 0 Å². The molecule has 1 saturated heterocycles. The van der Waals surface area contributed by atoms with E-state index >= 15 is 0 Å². The minimum atomic E-state index is -0.185. The van der Waals surface area contributed by atoms with Crippen LogP contribution in [0.3, 0.4) is 0 Å². The van der Waals surface area contributed by atoms with Crippen LogP contribution in [0.2, 0.25) is 0 Å². The standard InChI is InChI=1S/C15H22N2O3/c1-3-15(9-7-14(19)17-15)8-6-13(18)16-10-12-5-4-11(2)20-12/h4-5H,3,6-10H2,1-2H3,(H,16,18)(H,17,19). The lowest BCUT2D eigenvalue weighted by Crippen LogP contribution is -2.42. The van der Waals surface area contributed by atoms with E-state index in [1.165, 1.54) is 0 Å². The largest absolute Gasteiger partial charge is 0.465 e. The molecule has 5 nitrogen and oxygen atoms in total. The van der Waals surface area contributed by atoms with Crippen molar-refractivity contribution in [2.75, 3.05) is 0 Å². The third-order valence-corrected chi connectivity index (χ3v) is 4.00. The van der Waals surface area contributed by atoms with Gasteiger partial charge in [0.1, 0.15) is 11.5 Å². The molecule has 2 rings (SSSR count). The summed E-state index contributed by atoms with van der Waals surface area (Å²) < 4.78 is 5.40. The average molecular weight is 278 g/mol. The maximum atomic E-state index is 11.9. The van der Waals surface area contributed by atoms with Gasteiger partial charge in [0.15, 0.2) is 0 Å². The highest BCUT2D eigenvalue weighted by Crippen LogP contribution is 2.28. The first-order valence-electron chi connectivity index (χ1n) is 7.16. The van der Waals surface area contributed by atoms with Crippen LogP contribution in [0, 0.1) is 6.92 Å². The van der Waals surface area contributed by atoms with Crippen molar-refractivity contribution in [3.63, 3.8) is 0 Å². The second-order valence-electron chi connectivity index (χ2n) is 5.47. The second kappa shape index (κ2) is 6.11.